The van der Waals surface area contributed by atoms with E-state index in [-0.39, 0.29) is 13.2 Å². The molecule has 0 spiro atoms. The zero-order valence-electron chi connectivity index (χ0n) is 10.4. The molecule has 1 atom stereocenters. The second-order valence-corrected chi connectivity index (χ2v) is 4.35. The molecule has 17 heavy (non-hydrogen) atoms. The summed E-state index contributed by atoms with van der Waals surface area (Å²) in [6, 6.07) is -1.13. The largest absolute Gasteiger partial charge is 0.480 e. The Bertz CT molecular complexity index is 282. The summed E-state index contributed by atoms with van der Waals surface area (Å²) in [6.07, 6.45) is 0.580. The van der Waals surface area contributed by atoms with Gasteiger partial charge in [0.05, 0.1) is 12.2 Å². The monoisotopic (exact) mass is 245 g/mol. The van der Waals surface area contributed by atoms with Crippen LogP contribution in [0.4, 0.5) is 4.79 Å². The van der Waals surface area contributed by atoms with Gasteiger partial charge in [-0.05, 0) is 20.8 Å². The summed E-state index contributed by atoms with van der Waals surface area (Å²) >= 11 is 0. The van der Waals surface area contributed by atoms with Crippen LogP contribution in [0.5, 0.6) is 0 Å². The molecule has 0 rings (SSSR count). The Kier molecular flexibility index (Phi) is 6.27. The van der Waals surface area contributed by atoms with Gasteiger partial charge in [0, 0.05) is 0 Å². The average molecular weight is 245 g/mol. The molecule has 0 heterocycles. The van der Waals surface area contributed by atoms with Gasteiger partial charge in [-0.2, -0.15) is 0 Å². The Balaban J connectivity index is 4.20. The molecule has 0 aromatic heterocycles. The molecule has 1 amide bonds. The van der Waals surface area contributed by atoms with Gasteiger partial charge >= 0.3 is 12.1 Å². The van der Waals surface area contributed by atoms with Gasteiger partial charge < -0.3 is 19.9 Å². The predicted octanol–water partition coefficient (Wildman–Crippen LogP) is 1.17. The van der Waals surface area contributed by atoms with Crippen molar-refractivity contribution < 1.29 is 24.2 Å². The normalized spacial score (nSPS) is 12.6. The quantitative estimate of drug-likeness (QED) is 0.686. The maximum Gasteiger partial charge on any atom is 0.408 e. The van der Waals surface area contributed by atoms with Crippen molar-refractivity contribution in [1.82, 2.24) is 5.32 Å². The third-order valence-corrected chi connectivity index (χ3v) is 1.61. The van der Waals surface area contributed by atoms with Crippen LogP contribution in [0.2, 0.25) is 0 Å². The number of rotatable bonds is 6. The molecule has 0 aromatic rings. The summed E-state index contributed by atoms with van der Waals surface area (Å²) in [5.41, 5.74) is -0.472. The van der Waals surface area contributed by atoms with Crippen LogP contribution in [0.1, 0.15) is 20.8 Å². The number of alkyl carbamates (subject to hydrolysis) is 1. The molecule has 0 saturated heterocycles. The van der Waals surface area contributed by atoms with Crippen molar-refractivity contribution in [2.75, 3.05) is 13.2 Å². The zero-order chi connectivity index (χ0) is 13.5. The van der Waals surface area contributed by atoms with Crippen LogP contribution >= 0.6 is 0 Å². The minimum absolute atomic E-state index is 0.0261. The van der Waals surface area contributed by atoms with Crippen molar-refractivity contribution in [1.29, 1.82) is 0 Å². The van der Waals surface area contributed by atoms with Crippen molar-refractivity contribution in [2.45, 2.75) is 32.4 Å². The molecule has 0 radical (unpaired) electrons. The number of hydrogen-bond donors (Lipinski definition) is 2. The zero-order valence-corrected chi connectivity index (χ0v) is 10.4. The van der Waals surface area contributed by atoms with Crippen molar-refractivity contribution in [2.24, 2.45) is 0 Å². The van der Waals surface area contributed by atoms with Gasteiger partial charge in [0.1, 0.15) is 6.61 Å². The van der Waals surface area contributed by atoms with E-state index in [1.54, 1.807) is 20.8 Å². The standard InChI is InChI=1S/C11H19NO5/c1-5-6-16-10(15)12-8(9(13)14)7-17-11(2,3)4/h5,8H,1,6-7H2,2-4H3,(H,12,15)(H,13,14). The van der Waals surface area contributed by atoms with E-state index in [1.165, 1.54) is 6.08 Å². The molecule has 0 aromatic carbocycles. The van der Waals surface area contributed by atoms with Gasteiger partial charge in [-0.1, -0.05) is 12.7 Å². The summed E-state index contributed by atoms with van der Waals surface area (Å²) in [5, 5.41) is 11.1. The number of nitrogens with one attached hydrogen (secondary N) is 1. The SMILES string of the molecule is C=CCOC(=O)NC(COC(C)(C)C)C(=O)O. The van der Waals surface area contributed by atoms with E-state index in [4.69, 9.17) is 9.84 Å². The molecular weight excluding hydrogens is 226 g/mol. The minimum atomic E-state index is -1.18. The van der Waals surface area contributed by atoms with E-state index >= 15 is 0 Å². The van der Waals surface area contributed by atoms with E-state index in [1.807, 2.05) is 0 Å². The first kappa shape index (κ1) is 15.4. The number of carboxylic acid groups (broad SMARTS) is 1. The van der Waals surface area contributed by atoms with E-state index in [9.17, 15) is 9.59 Å². The van der Waals surface area contributed by atoms with E-state index in [0.717, 1.165) is 0 Å². The Morgan fingerprint density at radius 3 is 2.47 bits per heavy atom. The highest BCUT2D eigenvalue weighted by Gasteiger charge is 2.23. The second kappa shape index (κ2) is 6.90. The molecular formula is C11H19NO5. The highest BCUT2D eigenvalue weighted by Crippen LogP contribution is 2.07. The first-order valence-corrected chi connectivity index (χ1v) is 5.17. The lowest BCUT2D eigenvalue weighted by Gasteiger charge is -2.22. The molecule has 6 nitrogen and oxygen atoms in total. The van der Waals surface area contributed by atoms with Crippen molar-refractivity contribution in [3.8, 4) is 0 Å². The minimum Gasteiger partial charge on any atom is -0.480 e. The lowest BCUT2D eigenvalue weighted by Crippen LogP contribution is -2.45. The molecule has 2 N–H and O–H groups in total. The van der Waals surface area contributed by atoms with Crippen LogP contribution in [-0.2, 0) is 14.3 Å². The topological polar surface area (TPSA) is 84.9 Å². The molecule has 0 aliphatic rings. The third kappa shape index (κ3) is 8.27. The number of amides is 1. The lowest BCUT2D eigenvalue weighted by atomic mass is 10.2. The van der Waals surface area contributed by atoms with Crippen molar-refractivity contribution in [3.05, 3.63) is 12.7 Å². The van der Waals surface area contributed by atoms with Gasteiger partial charge in [-0.3, -0.25) is 0 Å². The van der Waals surface area contributed by atoms with Crippen molar-refractivity contribution in [3.63, 3.8) is 0 Å². The Morgan fingerprint density at radius 2 is 2.06 bits per heavy atom. The molecule has 0 saturated carbocycles. The second-order valence-electron chi connectivity index (χ2n) is 4.35. The molecule has 0 fully saturated rings. The van der Waals surface area contributed by atoms with Gasteiger partial charge in [0.15, 0.2) is 6.04 Å². The van der Waals surface area contributed by atoms with Crippen molar-refractivity contribution >= 4 is 12.1 Å². The maximum absolute atomic E-state index is 11.1. The average Bonchev–Trinajstić information content (AvgIpc) is 2.19. The van der Waals surface area contributed by atoms with Crippen LogP contribution in [0.15, 0.2) is 12.7 Å². The van der Waals surface area contributed by atoms with E-state index in [2.05, 4.69) is 16.6 Å². The number of ether oxygens (including phenoxy) is 2. The first-order chi connectivity index (χ1) is 7.76. The third-order valence-electron chi connectivity index (χ3n) is 1.61. The van der Waals surface area contributed by atoms with Crippen LogP contribution < -0.4 is 5.32 Å². The lowest BCUT2D eigenvalue weighted by molar-refractivity contribution is -0.142. The molecule has 0 aliphatic heterocycles. The summed E-state index contributed by atoms with van der Waals surface area (Å²) in [5.74, 6) is -1.18. The first-order valence-electron chi connectivity index (χ1n) is 5.17. The predicted molar refractivity (Wildman–Crippen MR) is 61.8 cm³/mol. The number of carbonyl (C=O) groups is 2. The number of aliphatic carboxylic acids is 1. The van der Waals surface area contributed by atoms with Crippen LogP contribution in [0, 0.1) is 0 Å². The Morgan fingerprint density at radius 1 is 1.47 bits per heavy atom. The molecule has 0 bridgehead atoms. The molecule has 1 unspecified atom stereocenters. The molecule has 98 valence electrons. The van der Waals surface area contributed by atoms with Gasteiger partial charge in [-0.25, -0.2) is 9.59 Å². The van der Waals surface area contributed by atoms with Crippen LogP contribution in [0.25, 0.3) is 0 Å². The summed E-state index contributed by atoms with van der Waals surface area (Å²) < 4.78 is 9.90. The van der Waals surface area contributed by atoms with E-state index in [0.29, 0.717) is 0 Å². The van der Waals surface area contributed by atoms with Crippen LogP contribution in [0.3, 0.4) is 0 Å². The highest BCUT2D eigenvalue weighted by atomic mass is 16.5. The van der Waals surface area contributed by atoms with Gasteiger partial charge in [0.25, 0.3) is 0 Å². The van der Waals surface area contributed by atoms with Gasteiger partial charge in [0.2, 0.25) is 0 Å². The number of hydrogen-bond acceptors (Lipinski definition) is 4. The smallest absolute Gasteiger partial charge is 0.408 e. The molecule has 6 heteroatoms. The Labute approximate surface area is 101 Å². The highest BCUT2D eigenvalue weighted by molar-refractivity contribution is 5.80. The number of carbonyl (C=O) groups excluding carboxylic acids is 1. The van der Waals surface area contributed by atoms with E-state index < -0.39 is 23.7 Å². The Hall–Kier alpha value is -1.56. The molecule has 0 aliphatic carbocycles. The summed E-state index contributed by atoms with van der Waals surface area (Å²) in [7, 11) is 0. The van der Waals surface area contributed by atoms with Gasteiger partial charge in [-0.15, -0.1) is 0 Å². The fraction of sp³-hybridized carbons (Fsp3) is 0.636. The maximum atomic E-state index is 11.1. The fourth-order valence-corrected chi connectivity index (χ4v) is 0.827. The fourth-order valence-electron chi connectivity index (χ4n) is 0.827. The summed E-state index contributed by atoms with van der Waals surface area (Å²) in [6.45, 7) is 8.65. The van der Waals surface area contributed by atoms with Crippen LogP contribution in [-0.4, -0.2) is 42.0 Å². The number of carboxylic acids is 1. The summed E-state index contributed by atoms with van der Waals surface area (Å²) in [4.78, 5) is 22.0.